The summed E-state index contributed by atoms with van der Waals surface area (Å²) in [5.41, 5.74) is 13.6. The highest BCUT2D eigenvalue weighted by molar-refractivity contribution is 5.80. The Balaban J connectivity index is 2.20. The van der Waals surface area contributed by atoms with Gasteiger partial charge in [-0.1, -0.05) is 48.5 Å². The average Bonchev–Trinajstić information content (AvgIpc) is 2.56. The van der Waals surface area contributed by atoms with Crippen LogP contribution in [0.2, 0.25) is 0 Å². The van der Waals surface area contributed by atoms with Crippen molar-refractivity contribution < 1.29 is 0 Å². The molecule has 3 rings (SSSR count). The van der Waals surface area contributed by atoms with Crippen LogP contribution in [-0.4, -0.2) is 0 Å². The Morgan fingerprint density at radius 2 is 0.708 bits per heavy atom. The fourth-order valence-electron chi connectivity index (χ4n) is 3.49. The lowest BCUT2D eigenvalue weighted by Gasteiger charge is -2.18. The summed E-state index contributed by atoms with van der Waals surface area (Å²) in [6.45, 7) is 13.3. The van der Waals surface area contributed by atoms with Gasteiger partial charge in [-0.15, -0.1) is 0 Å². The maximum absolute atomic E-state index is 2.29. The lowest BCUT2D eigenvalue weighted by molar-refractivity contribution is 1.29. The molecule has 0 unspecified atom stereocenters. The largest absolute Gasteiger partial charge is 0.0614 e. The van der Waals surface area contributed by atoms with Crippen molar-refractivity contribution >= 4 is 0 Å². The molecule has 0 aliphatic heterocycles. The van der Waals surface area contributed by atoms with Crippen LogP contribution in [0.4, 0.5) is 0 Å². The van der Waals surface area contributed by atoms with E-state index in [1.807, 2.05) is 0 Å². The summed E-state index contributed by atoms with van der Waals surface area (Å²) in [5, 5.41) is 0. The SMILES string of the molecule is Cc1cccc(-c2ccc(-c3cccc(C)c3C)c(C)c2C)c1C. The van der Waals surface area contributed by atoms with Gasteiger partial charge in [0.25, 0.3) is 0 Å². The molecular weight excluding hydrogens is 288 g/mol. The molecule has 0 heteroatoms. The number of aryl methyl sites for hydroxylation is 2. The molecule has 0 aliphatic carbocycles. The Labute approximate surface area is 146 Å². The van der Waals surface area contributed by atoms with E-state index in [1.165, 1.54) is 55.6 Å². The second-order valence-electron chi connectivity index (χ2n) is 6.91. The Morgan fingerprint density at radius 3 is 1.08 bits per heavy atom. The fourth-order valence-corrected chi connectivity index (χ4v) is 3.49. The Hall–Kier alpha value is -2.34. The summed E-state index contributed by atoms with van der Waals surface area (Å²) in [6, 6.07) is 17.7. The highest BCUT2D eigenvalue weighted by Gasteiger charge is 2.13. The Bertz CT molecular complexity index is 837. The van der Waals surface area contributed by atoms with E-state index in [2.05, 4.69) is 90.1 Å². The molecule has 0 saturated carbocycles. The van der Waals surface area contributed by atoms with Gasteiger partial charge in [0.05, 0.1) is 0 Å². The van der Waals surface area contributed by atoms with Gasteiger partial charge < -0.3 is 0 Å². The van der Waals surface area contributed by atoms with E-state index in [0.717, 1.165) is 0 Å². The molecule has 122 valence electrons. The average molecular weight is 314 g/mol. The van der Waals surface area contributed by atoms with Crippen molar-refractivity contribution in [3.63, 3.8) is 0 Å². The third-order valence-electron chi connectivity index (χ3n) is 5.58. The highest BCUT2D eigenvalue weighted by atomic mass is 14.2. The number of hydrogen-bond donors (Lipinski definition) is 0. The van der Waals surface area contributed by atoms with Crippen LogP contribution in [0.15, 0.2) is 48.5 Å². The van der Waals surface area contributed by atoms with Crippen LogP contribution in [0.5, 0.6) is 0 Å². The van der Waals surface area contributed by atoms with Crippen LogP contribution in [0.25, 0.3) is 22.3 Å². The Kier molecular flexibility index (Phi) is 4.32. The van der Waals surface area contributed by atoms with Crippen LogP contribution in [0.3, 0.4) is 0 Å². The first kappa shape index (κ1) is 16.5. The fraction of sp³-hybridized carbons (Fsp3) is 0.250. The van der Waals surface area contributed by atoms with Crippen LogP contribution < -0.4 is 0 Å². The topological polar surface area (TPSA) is 0 Å². The molecule has 24 heavy (non-hydrogen) atoms. The van der Waals surface area contributed by atoms with Gasteiger partial charge in [-0.05, 0) is 97.2 Å². The van der Waals surface area contributed by atoms with Crippen LogP contribution >= 0.6 is 0 Å². The van der Waals surface area contributed by atoms with Gasteiger partial charge in [-0.25, -0.2) is 0 Å². The molecule has 0 N–H and O–H groups in total. The van der Waals surface area contributed by atoms with Gasteiger partial charge in [-0.2, -0.15) is 0 Å². The molecule has 0 atom stereocenters. The normalized spacial score (nSPS) is 10.9. The van der Waals surface area contributed by atoms with Crippen molar-refractivity contribution in [3.8, 4) is 22.3 Å². The number of hydrogen-bond acceptors (Lipinski definition) is 0. The van der Waals surface area contributed by atoms with Gasteiger partial charge in [0.15, 0.2) is 0 Å². The molecular formula is C24H26. The summed E-state index contributed by atoms with van der Waals surface area (Å²) in [6.07, 6.45) is 0. The summed E-state index contributed by atoms with van der Waals surface area (Å²) < 4.78 is 0. The van der Waals surface area contributed by atoms with Crippen molar-refractivity contribution in [2.45, 2.75) is 41.5 Å². The van der Waals surface area contributed by atoms with E-state index in [4.69, 9.17) is 0 Å². The van der Waals surface area contributed by atoms with Gasteiger partial charge in [0, 0.05) is 0 Å². The molecule has 0 spiro atoms. The second-order valence-corrected chi connectivity index (χ2v) is 6.91. The van der Waals surface area contributed by atoms with Crippen molar-refractivity contribution in [1.82, 2.24) is 0 Å². The van der Waals surface area contributed by atoms with E-state index in [0.29, 0.717) is 0 Å². The van der Waals surface area contributed by atoms with E-state index < -0.39 is 0 Å². The van der Waals surface area contributed by atoms with Crippen LogP contribution in [0, 0.1) is 41.5 Å². The molecule has 0 saturated heterocycles. The van der Waals surface area contributed by atoms with Gasteiger partial charge in [0.2, 0.25) is 0 Å². The summed E-state index contributed by atoms with van der Waals surface area (Å²) in [5.74, 6) is 0. The van der Waals surface area contributed by atoms with Gasteiger partial charge >= 0.3 is 0 Å². The molecule has 0 amide bonds. The van der Waals surface area contributed by atoms with E-state index >= 15 is 0 Å². The smallest absolute Gasteiger partial charge is 0.0149 e. The minimum atomic E-state index is 1.35. The molecule has 3 aromatic rings. The summed E-state index contributed by atoms with van der Waals surface area (Å²) in [7, 11) is 0. The second kappa shape index (κ2) is 6.28. The molecule has 0 nitrogen and oxygen atoms in total. The molecule has 0 aromatic heterocycles. The maximum Gasteiger partial charge on any atom is -0.0149 e. The zero-order valence-electron chi connectivity index (χ0n) is 15.6. The first-order valence-electron chi connectivity index (χ1n) is 8.65. The zero-order valence-corrected chi connectivity index (χ0v) is 15.6. The van der Waals surface area contributed by atoms with Crippen LogP contribution in [-0.2, 0) is 0 Å². The quantitative estimate of drug-likeness (QED) is 0.484. The van der Waals surface area contributed by atoms with Gasteiger partial charge in [-0.3, -0.25) is 0 Å². The maximum atomic E-state index is 2.29. The van der Waals surface area contributed by atoms with Crippen molar-refractivity contribution in [3.05, 3.63) is 81.9 Å². The summed E-state index contributed by atoms with van der Waals surface area (Å²) in [4.78, 5) is 0. The molecule has 3 aromatic carbocycles. The lowest BCUT2D eigenvalue weighted by Crippen LogP contribution is -1.96. The number of benzene rings is 3. The molecule has 0 bridgehead atoms. The standard InChI is InChI=1S/C24H26/c1-15-9-7-11-21(17(15)3)23-13-14-24(20(6)19(23)5)22-12-8-10-16(2)18(22)4/h7-14H,1-6H3. The predicted octanol–water partition coefficient (Wildman–Crippen LogP) is 6.87. The minimum absolute atomic E-state index is 1.35. The first-order valence-corrected chi connectivity index (χ1v) is 8.65. The number of rotatable bonds is 2. The van der Waals surface area contributed by atoms with E-state index in [9.17, 15) is 0 Å². The van der Waals surface area contributed by atoms with Gasteiger partial charge in [0.1, 0.15) is 0 Å². The van der Waals surface area contributed by atoms with E-state index in [1.54, 1.807) is 0 Å². The van der Waals surface area contributed by atoms with Crippen LogP contribution in [0.1, 0.15) is 33.4 Å². The highest BCUT2D eigenvalue weighted by Crippen LogP contribution is 2.36. The Morgan fingerprint density at radius 1 is 0.375 bits per heavy atom. The zero-order chi connectivity index (χ0) is 17.4. The monoisotopic (exact) mass is 314 g/mol. The molecule has 0 heterocycles. The van der Waals surface area contributed by atoms with Crippen molar-refractivity contribution in [2.75, 3.05) is 0 Å². The summed E-state index contributed by atoms with van der Waals surface area (Å²) >= 11 is 0. The van der Waals surface area contributed by atoms with Crippen molar-refractivity contribution in [1.29, 1.82) is 0 Å². The molecule has 0 fully saturated rings. The van der Waals surface area contributed by atoms with E-state index in [-0.39, 0.29) is 0 Å². The third kappa shape index (κ3) is 2.67. The van der Waals surface area contributed by atoms with Crippen molar-refractivity contribution in [2.24, 2.45) is 0 Å². The lowest BCUT2D eigenvalue weighted by atomic mass is 9.87. The molecule has 0 radical (unpaired) electrons. The first-order chi connectivity index (χ1) is 11.4. The third-order valence-corrected chi connectivity index (χ3v) is 5.58. The predicted molar refractivity (Wildman–Crippen MR) is 106 cm³/mol. The minimum Gasteiger partial charge on any atom is -0.0614 e. The molecule has 0 aliphatic rings.